The third kappa shape index (κ3) is 4.43. The molecule has 0 spiro atoms. The summed E-state index contributed by atoms with van der Waals surface area (Å²) in [5.74, 6) is -0.128. The van der Waals surface area contributed by atoms with E-state index in [0.717, 1.165) is 12.8 Å². The summed E-state index contributed by atoms with van der Waals surface area (Å²) in [6, 6.07) is 6.77. The number of nitrogens with zero attached hydrogens (tertiary/aromatic N) is 1. The van der Waals surface area contributed by atoms with E-state index in [1.807, 2.05) is 6.07 Å². The summed E-state index contributed by atoms with van der Waals surface area (Å²) < 4.78 is 0. The number of unbranched alkanes of at least 4 members (excludes halogenated alkanes) is 1. The summed E-state index contributed by atoms with van der Waals surface area (Å²) in [7, 11) is 0. The number of nitriles is 1. The van der Waals surface area contributed by atoms with Crippen LogP contribution in [0.5, 0.6) is 0 Å². The van der Waals surface area contributed by atoms with Crippen molar-refractivity contribution < 1.29 is 4.79 Å². The van der Waals surface area contributed by atoms with E-state index < -0.39 is 0 Å². The van der Waals surface area contributed by atoms with Crippen LogP contribution in [0.15, 0.2) is 18.2 Å². The summed E-state index contributed by atoms with van der Waals surface area (Å²) in [6.45, 7) is 0.577. The Hall–Kier alpha value is -1.57. The first kappa shape index (κ1) is 13.5. The highest BCUT2D eigenvalue weighted by Crippen LogP contribution is 2.20. The average Bonchev–Trinajstić information content (AvgIpc) is 2.29. The van der Waals surface area contributed by atoms with Crippen LogP contribution in [0.4, 0.5) is 5.69 Å². The van der Waals surface area contributed by atoms with Crippen molar-refractivity contribution in [2.24, 2.45) is 5.73 Å². The van der Waals surface area contributed by atoms with Gasteiger partial charge in [-0.15, -0.1) is 0 Å². The fourth-order valence-electron chi connectivity index (χ4n) is 1.36. The van der Waals surface area contributed by atoms with E-state index in [1.165, 1.54) is 0 Å². The molecule has 0 radical (unpaired) electrons. The van der Waals surface area contributed by atoms with Crippen LogP contribution in [-0.4, -0.2) is 12.5 Å². The van der Waals surface area contributed by atoms with Crippen LogP contribution in [-0.2, 0) is 4.79 Å². The molecule has 0 fully saturated rings. The Morgan fingerprint density at radius 2 is 2.24 bits per heavy atom. The molecule has 0 atom stereocenters. The van der Waals surface area contributed by atoms with Gasteiger partial charge in [0.1, 0.15) is 6.07 Å². The lowest BCUT2D eigenvalue weighted by Gasteiger charge is -2.07. The Bertz CT molecular complexity index is 440. The Morgan fingerprint density at radius 3 is 2.88 bits per heavy atom. The van der Waals surface area contributed by atoms with E-state index in [1.54, 1.807) is 18.2 Å². The fourth-order valence-corrected chi connectivity index (χ4v) is 1.53. The van der Waals surface area contributed by atoms with Gasteiger partial charge in [0.2, 0.25) is 5.91 Å². The molecule has 1 aromatic rings. The number of amides is 1. The largest absolute Gasteiger partial charge is 0.330 e. The molecule has 0 aliphatic carbocycles. The molecule has 0 heterocycles. The maximum atomic E-state index is 11.6. The molecular weight excluding hydrogens is 238 g/mol. The second-order valence-corrected chi connectivity index (χ2v) is 4.03. The monoisotopic (exact) mass is 251 g/mol. The van der Waals surface area contributed by atoms with Crippen LogP contribution >= 0.6 is 11.6 Å². The van der Waals surface area contributed by atoms with Crippen LogP contribution in [0.25, 0.3) is 0 Å². The van der Waals surface area contributed by atoms with Gasteiger partial charge in [-0.05, 0) is 37.6 Å². The molecule has 17 heavy (non-hydrogen) atoms. The third-order valence-corrected chi connectivity index (χ3v) is 2.47. The summed E-state index contributed by atoms with van der Waals surface area (Å²) in [4.78, 5) is 11.6. The van der Waals surface area contributed by atoms with Crippen molar-refractivity contribution >= 4 is 23.2 Å². The van der Waals surface area contributed by atoms with E-state index in [4.69, 9.17) is 22.6 Å². The lowest BCUT2D eigenvalue weighted by atomic mass is 10.2. The minimum Gasteiger partial charge on any atom is -0.330 e. The second-order valence-electron chi connectivity index (χ2n) is 3.60. The smallest absolute Gasteiger partial charge is 0.224 e. The highest BCUT2D eigenvalue weighted by molar-refractivity contribution is 6.31. The molecule has 3 N–H and O–H groups in total. The quantitative estimate of drug-likeness (QED) is 0.788. The minimum absolute atomic E-state index is 0.128. The van der Waals surface area contributed by atoms with E-state index in [2.05, 4.69) is 5.32 Å². The Labute approximate surface area is 105 Å². The van der Waals surface area contributed by atoms with Gasteiger partial charge in [0.05, 0.1) is 11.3 Å². The van der Waals surface area contributed by atoms with Crippen molar-refractivity contribution in [3.8, 4) is 6.07 Å². The lowest BCUT2D eigenvalue weighted by molar-refractivity contribution is -0.116. The van der Waals surface area contributed by atoms with E-state index in [-0.39, 0.29) is 5.91 Å². The molecule has 0 bridgehead atoms. The van der Waals surface area contributed by atoms with Gasteiger partial charge in [0.15, 0.2) is 0 Å². The zero-order valence-corrected chi connectivity index (χ0v) is 10.1. The van der Waals surface area contributed by atoms with Crippen molar-refractivity contribution in [3.05, 3.63) is 28.8 Å². The molecule has 0 aliphatic rings. The molecule has 90 valence electrons. The Morgan fingerprint density at radius 1 is 1.47 bits per heavy atom. The van der Waals surface area contributed by atoms with Crippen molar-refractivity contribution in [1.29, 1.82) is 5.26 Å². The number of benzene rings is 1. The number of nitrogens with one attached hydrogen (secondary N) is 1. The van der Waals surface area contributed by atoms with Gasteiger partial charge in [-0.25, -0.2) is 0 Å². The molecule has 0 aromatic heterocycles. The van der Waals surface area contributed by atoms with E-state index >= 15 is 0 Å². The number of anilines is 1. The molecule has 1 aromatic carbocycles. The number of carbonyl (C=O) groups excluding carboxylic acids is 1. The molecule has 5 heteroatoms. The van der Waals surface area contributed by atoms with Crippen molar-refractivity contribution in [3.63, 3.8) is 0 Å². The first-order chi connectivity index (χ1) is 8.17. The SMILES string of the molecule is N#Cc1ccc(Cl)cc1NC(=O)CCCCN. The average molecular weight is 252 g/mol. The number of halogens is 1. The highest BCUT2D eigenvalue weighted by atomic mass is 35.5. The predicted octanol–water partition coefficient (Wildman–Crippen LogP) is 2.28. The fraction of sp³-hybridized carbons (Fsp3) is 0.333. The van der Waals surface area contributed by atoms with Crippen LogP contribution < -0.4 is 11.1 Å². The Kier molecular flexibility index (Phi) is 5.47. The molecule has 0 saturated heterocycles. The summed E-state index contributed by atoms with van der Waals surface area (Å²) in [5.41, 5.74) is 6.20. The number of nitrogens with two attached hydrogens (primary N) is 1. The minimum atomic E-state index is -0.128. The number of hydrogen-bond acceptors (Lipinski definition) is 3. The van der Waals surface area contributed by atoms with Crippen LogP contribution in [0, 0.1) is 11.3 Å². The maximum Gasteiger partial charge on any atom is 0.224 e. The van der Waals surface area contributed by atoms with Gasteiger partial charge in [-0.3, -0.25) is 4.79 Å². The first-order valence-corrected chi connectivity index (χ1v) is 5.74. The molecule has 0 aliphatic heterocycles. The van der Waals surface area contributed by atoms with Gasteiger partial charge < -0.3 is 11.1 Å². The van der Waals surface area contributed by atoms with Crippen LogP contribution in [0.3, 0.4) is 0 Å². The summed E-state index contributed by atoms with van der Waals surface area (Å²) >= 11 is 5.81. The summed E-state index contributed by atoms with van der Waals surface area (Å²) in [6.07, 6.45) is 1.95. The van der Waals surface area contributed by atoms with Crippen LogP contribution in [0.2, 0.25) is 5.02 Å². The number of rotatable bonds is 5. The topological polar surface area (TPSA) is 78.9 Å². The molecule has 1 amide bonds. The van der Waals surface area contributed by atoms with Gasteiger partial charge >= 0.3 is 0 Å². The molecule has 0 saturated carbocycles. The molecule has 0 unspecified atom stereocenters. The van der Waals surface area contributed by atoms with Gasteiger partial charge in [-0.2, -0.15) is 5.26 Å². The second kappa shape index (κ2) is 6.89. The normalized spacial score (nSPS) is 9.71. The van der Waals surface area contributed by atoms with E-state index in [9.17, 15) is 4.79 Å². The van der Waals surface area contributed by atoms with Crippen molar-refractivity contribution in [2.45, 2.75) is 19.3 Å². The van der Waals surface area contributed by atoms with E-state index in [0.29, 0.717) is 29.2 Å². The molecule has 4 nitrogen and oxygen atoms in total. The van der Waals surface area contributed by atoms with Gasteiger partial charge in [0.25, 0.3) is 0 Å². The molecule has 1 rings (SSSR count). The standard InChI is InChI=1S/C12H14ClN3O/c13-10-5-4-9(8-15)11(7-10)16-12(17)3-1-2-6-14/h4-5,7H,1-3,6,14H2,(H,16,17). The first-order valence-electron chi connectivity index (χ1n) is 5.37. The number of carbonyl (C=O) groups is 1. The number of hydrogen-bond donors (Lipinski definition) is 2. The highest BCUT2D eigenvalue weighted by Gasteiger charge is 2.07. The summed E-state index contributed by atoms with van der Waals surface area (Å²) in [5, 5.41) is 12.0. The van der Waals surface area contributed by atoms with Crippen molar-refractivity contribution in [2.75, 3.05) is 11.9 Å². The van der Waals surface area contributed by atoms with Gasteiger partial charge in [-0.1, -0.05) is 11.6 Å². The lowest BCUT2D eigenvalue weighted by Crippen LogP contribution is -2.13. The maximum absolute atomic E-state index is 11.6. The molecular formula is C12H14ClN3O. The van der Waals surface area contributed by atoms with Crippen molar-refractivity contribution in [1.82, 2.24) is 0 Å². The third-order valence-electron chi connectivity index (χ3n) is 2.23. The zero-order chi connectivity index (χ0) is 12.7. The predicted molar refractivity (Wildman–Crippen MR) is 67.7 cm³/mol. The van der Waals surface area contributed by atoms with Gasteiger partial charge in [0, 0.05) is 11.4 Å². The zero-order valence-electron chi connectivity index (χ0n) is 9.37. The van der Waals surface area contributed by atoms with Crippen LogP contribution in [0.1, 0.15) is 24.8 Å². The Balaban J connectivity index is 2.64.